The summed E-state index contributed by atoms with van der Waals surface area (Å²) in [6.45, 7) is -0.0735. The van der Waals surface area contributed by atoms with E-state index >= 15 is 0 Å². The van der Waals surface area contributed by atoms with Gasteiger partial charge < -0.3 is 14.6 Å². The van der Waals surface area contributed by atoms with Crippen LogP contribution < -0.4 is 4.74 Å². The fourth-order valence-corrected chi connectivity index (χ4v) is 2.44. The van der Waals surface area contributed by atoms with Gasteiger partial charge in [0.05, 0.1) is 30.6 Å². The molecule has 0 aliphatic rings. The van der Waals surface area contributed by atoms with Crippen LogP contribution in [0.3, 0.4) is 0 Å². The summed E-state index contributed by atoms with van der Waals surface area (Å²) in [6.07, 6.45) is -0.188. The molecule has 0 fully saturated rings. The molecule has 8 heteroatoms. The van der Waals surface area contributed by atoms with Gasteiger partial charge in [0.1, 0.15) is 12.4 Å². The summed E-state index contributed by atoms with van der Waals surface area (Å²) < 4.78 is 32.8. The lowest BCUT2D eigenvalue weighted by atomic mass is 10.2. The van der Waals surface area contributed by atoms with E-state index in [2.05, 4.69) is 4.74 Å². The average Bonchev–Trinajstić information content (AvgIpc) is 2.45. The predicted octanol–water partition coefficient (Wildman–Crippen LogP) is 0.742. The van der Waals surface area contributed by atoms with Crippen molar-refractivity contribution >= 4 is 21.8 Å². The highest BCUT2D eigenvalue weighted by Crippen LogP contribution is 2.12. The standard InChI is InChI=1S/C13H16O7S/c1-19-12(14)6-8-21(17,18)9-7-20-11-4-2-10(3-5-11)13(15)16/h2-5H,6-9H2,1H3,(H,15,16). The number of benzene rings is 1. The van der Waals surface area contributed by atoms with Gasteiger partial charge in [0, 0.05) is 0 Å². The van der Waals surface area contributed by atoms with Gasteiger partial charge >= 0.3 is 11.9 Å². The van der Waals surface area contributed by atoms with Gasteiger partial charge in [-0.3, -0.25) is 4.79 Å². The van der Waals surface area contributed by atoms with Gasteiger partial charge in [-0.1, -0.05) is 0 Å². The quantitative estimate of drug-likeness (QED) is 0.705. The highest BCUT2D eigenvalue weighted by molar-refractivity contribution is 7.91. The fourth-order valence-electron chi connectivity index (χ4n) is 1.42. The van der Waals surface area contributed by atoms with Crippen LogP contribution in [0.2, 0.25) is 0 Å². The Balaban J connectivity index is 2.41. The molecule has 0 saturated carbocycles. The summed E-state index contributed by atoms with van der Waals surface area (Å²) in [5.41, 5.74) is 0.119. The Morgan fingerprint density at radius 2 is 1.76 bits per heavy atom. The number of carboxylic acid groups (broad SMARTS) is 1. The van der Waals surface area contributed by atoms with E-state index in [1.165, 1.54) is 31.4 Å². The second-order valence-electron chi connectivity index (χ2n) is 4.16. The zero-order valence-electron chi connectivity index (χ0n) is 11.4. The zero-order chi connectivity index (χ0) is 15.9. The third-order valence-corrected chi connectivity index (χ3v) is 4.22. The Bertz CT molecular complexity index is 589. The molecular formula is C13H16O7S. The molecular weight excluding hydrogens is 300 g/mol. The van der Waals surface area contributed by atoms with Gasteiger partial charge in [-0.25, -0.2) is 13.2 Å². The van der Waals surface area contributed by atoms with Crippen molar-refractivity contribution in [3.63, 3.8) is 0 Å². The number of hydrogen-bond donors (Lipinski definition) is 1. The van der Waals surface area contributed by atoms with Crippen molar-refractivity contribution in [2.45, 2.75) is 6.42 Å². The minimum Gasteiger partial charge on any atom is -0.493 e. The van der Waals surface area contributed by atoms with E-state index in [1.807, 2.05) is 0 Å². The molecule has 0 unspecified atom stereocenters. The van der Waals surface area contributed by atoms with Crippen LogP contribution in [0, 0.1) is 0 Å². The summed E-state index contributed by atoms with van der Waals surface area (Å²) in [5, 5.41) is 8.72. The summed E-state index contributed by atoms with van der Waals surface area (Å²) in [6, 6.07) is 5.63. The SMILES string of the molecule is COC(=O)CCS(=O)(=O)CCOc1ccc(C(=O)O)cc1. The molecule has 0 aliphatic heterocycles. The van der Waals surface area contributed by atoms with Crippen LogP contribution in [0.4, 0.5) is 0 Å². The molecule has 0 heterocycles. The van der Waals surface area contributed by atoms with Crippen molar-refractivity contribution in [1.82, 2.24) is 0 Å². The van der Waals surface area contributed by atoms with Crippen LogP contribution in [-0.2, 0) is 19.4 Å². The van der Waals surface area contributed by atoms with Crippen molar-refractivity contribution in [3.8, 4) is 5.75 Å². The molecule has 1 aromatic carbocycles. The van der Waals surface area contributed by atoms with Crippen molar-refractivity contribution in [1.29, 1.82) is 0 Å². The molecule has 0 amide bonds. The Hall–Kier alpha value is -2.09. The maximum atomic E-state index is 11.6. The Morgan fingerprint density at radius 3 is 2.29 bits per heavy atom. The second kappa shape index (κ2) is 7.63. The topological polar surface area (TPSA) is 107 Å². The maximum Gasteiger partial charge on any atom is 0.335 e. The van der Waals surface area contributed by atoms with Gasteiger partial charge in [-0.05, 0) is 24.3 Å². The first-order chi connectivity index (χ1) is 9.84. The first kappa shape index (κ1) is 17.0. The molecule has 0 radical (unpaired) electrons. The van der Waals surface area contributed by atoms with Gasteiger partial charge in [0.25, 0.3) is 0 Å². The minimum absolute atomic E-state index is 0.0735. The van der Waals surface area contributed by atoms with Crippen LogP contribution in [0.15, 0.2) is 24.3 Å². The Labute approximate surface area is 122 Å². The van der Waals surface area contributed by atoms with E-state index in [0.29, 0.717) is 5.75 Å². The molecule has 1 N–H and O–H groups in total. The number of methoxy groups -OCH3 is 1. The van der Waals surface area contributed by atoms with Crippen molar-refractivity contribution in [2.24, 2.45) is 0 Å². The van der Waals surface area contributed by atoms with E-state index in [-0.39, 0.29) is 30.1 Å². The van der Waals surface area contributed by atoms with Gasteiger partial charge in [-0.2, -0.15) is 0 Å². The predicted molar refractivity (Wildman–Crippen MR) is 74.2 cm³/mol. The summed E-state index contributed by atoms with van der Waals surface area (Å²) in [7, 11) is -2.21. The number of rotatable bonds is 8. The summed E-state index contributed by atoms with van der Waals surface area (Å²) in [5.74, 6) is -1.77. The van der Waals surface area contributed by atoms with Crippen molar-refractivity contribution in [2.75, 3.05) is 25.2 Å². The Kier molecular flexibility index (Phi) is 6.16. The molecule has 0 bridgehead atoms. The third kappa shape index (κ3) is 6.26. The first-order valence-electron chi connectivity index (χ1n) is 6.07. The number of carboxylic acids is 1. The van der Waals surface area contributed by atoms with Crippen molar-refractivity contribution in [3.05, 3.63) is 29.8 Å². The van der Waals surface area contributed by atoms with Crippen LogP contribution in [0.1, 0.15) is 16.8 Å². The highest BCUT2D eigenvalue weighted by atomic mass is 32.2. The monoisotopic (exact) mass is 316 g/mol. The smallest absolute Gasteiger partial charge is 0.335 e. The molecule has 1 aromatic rings. The number of carbonyl (C=O) groups excluding carboxylic acids is 1. The van der Waals surface area contributed by atoms with E-state index in [0.717, 1.165) is 0 Å². The number of sulfone groups is 1. The molecule has 0 atom stereocenters. The third-order valence-electron chi connectivity index (χ3n) is 2.61. The van der Waals surface area contributed by atoms with E-state index < -0.39 is 21.8 Å². The number of carbonyl (C=O) groups is 2. The number of esters is 1. The number of aromatic carboxylic acids is 1. The van der Waals surface area contributed by atoms with E-state index in [4.69, 9.17) is 9.84 Å². The van der Waals surface area contributed by atoms with Gasteiger partial charge in [0.2, 0.25) is 0 Å². The van der Waals surface area contributed by atoms with Crippen LogP contribution in [0.25, 0.3) is 0 Å². The van der Waals surface area contributed by atoms with Crippen LogP contribution in [-0.4, -0.2) is 50.7 Å². The fraction of sp³-hybridized carbons (Fsp3) is 0.385. The van der Waals surface area contributed by atoms with E-state index in [1.54, 1.807) is 0 Å². The van der Waals surface area contributed by atoms with Gasteiger partial charge in [-0.15, -0.1) is 0 Å². The maximum absolute atomic E-state index is 11.6. The van der Waals surface area contributed by atoms with Crippen LogP contribution >= 0.6 is 0 Å². The lowest BCUT2D eigenvalue weighted by molar-refractivity contribution is -0.140. The lowest BCUT2D eigenvalue weighted by Gasteiger charge is -2.07. The molecule has 1 rings (SSSR count). The van der Waals surface area contributed by atoms with Crippen LogP contribution in [0.5, 0.6) is 5.75 Å². The normalized spacial score (nSPS) is 10.9. The van der Waals surface area contributed by atoms with Crippen molar-refractivity contribution < 1.29 is 32.6 Å². The molecule has 0 spiro atoms. The molecule has 7 nitrogen and oxygen atoms in total. The number of hydrogen-bond acceptors (Lipinski definition) is 6. The molecule has 0 aliphatic carbocycles. The largest absolute Gasteiger partial charge is 0.493 e. The highest BCUT2D eigenvalue weighted by Gasteiger charge is 2.14. The summed E-state index contributed by atoms with van der Waals surface area (Å²) in [4.78, 5) is 21.5. The molecule has 0 aromatic heterocycles. The van der Waals surface area contributed by atoms with Gasteiger partial charge in [0.15, 0.2) is 9.84 Å². The first-order valence-corrected chi connectivity index (χ1v) is 7.89. The molecule has 21 heavy (non-hydrogen) atoms. The lowest BCUT2D eigenvalue weighted by Crippen LogP contribution is -2.19. The average molecular weight is 316 g/mol. The zero-order valence-corrected chi connectivity index (χ0v) is 12.3. The molecule has 116 valence electrons. The Morgan fingerprint density at radius 1 is 1.14 bits per heavy atom. The van der Waals surface area contributed by atoms with E-state index in [9.17, 15) is 18.0 Å². The number of ether oxygens (including phenoxy) is 2. The molecule has 0 saturated heterocycles. The minimum atomic E-state index is -3.40. The second-order valence-corrected chi connectivity index (χ2v) is 6.46. The summed E-state index contributed by atoms with van der Waals surface area (Å²) >= 11 is 0.